The van der Waals surface area contributed by atoms with Gasteiger partial charge in [-0.1, -0.05) is 13.5 Å². The molecule has 94 valence electrons. The fourth-order valence-electron chi connectivity index (χ4n) is 2.78. The number of esters is 2. The molecule has 1 saturated carbocycles. The van der Waals surface area contributed by atoms with Gasteiger partial charge < -0.3 is 9.47 Å². The molecule has 17 heavy (non-hydrogen) atoms. The smallest absolute Gasteiger partial charge is 0.333 e. The molecule has 0 bridgehead atoms. The van der Waals surface area contributed by atoms with Gasteiger partial charge in [-0.15, -0.1) is 0 Å². The Morgan fingerprint density at radius 2 is 2.29 bits per heavy atom. The van der Waals surface area contributed by atoms with Crippen LogP contribution in [0.3, 0.4) is 0 Å². The van der Waals surface area contributed by atoms with Gasteiger partial charge in [0.25, 0.3) is 0 Å². The highest BCUT2D eigenvalue weighted by Crippen LogP contribution is 2.49. The monoisotopic (exact) mass is 238 g/mol. The van der Waals surface area contributed by atoms with Crippen molar-refractivity contribution in [1.29, 1.82) is 0 Å². The summed E-state index contributed by atoms with van der Waals surface area (Å²) in [5.74, 6) is -0.641. The van der Waals surface area contributed by atoms with Crippen molar-refractivity contribution in [3.8, 4) is 0 Å². The van der Waals surface area contributed by atoms with Crippen LogP contribution >= 0.6 is 0 Å². The molecule has 4 nitrogen and oxygen atoms in total. The Kier molecular flexibility index (Phi) is 2.98. The summed E-state index contributed by atoms with van der Waals surface area (Å²) in [5.41, 5.74) is 0.322. The molecule has 1 saturated heterocycles. The summed E-state index contributed by atoms with van der Waals surface area (Å²) < 4.78 is 10.4. The third kappa shape index (κ3) is 2.21. The van der Waals surface area contributed by atoms with E-state index in [-0.39, 0.29) is 29.4 Å². The van der Waals surface area contributed by atoms with Crippen LogP contribution in [-0.2, 0) is 19.1 Å². The quantitative estimate of drug-likeness (QED) is 0.544. The van der Waals surface area contributed by atoms with Gasteiger partial charge in [0.2, 0.25) is 0 Å². The summed E-state index contributed by atoms with van der Waals surface area (Å²) in [6, 6.07) is 0. The Hall–Kier alpha value is -1.32. The third-order valence-electron chi connectivity index (χ3n) is 3.86. The first kappa shape index (κ1) is 12.1. The average Bonchev–Trinajstić information content (AvgIpc) is 2.56. The average molecular weight is 238 g/mol. The SMILES string of the molecule is C=C(C)C(=O)OC1CC2C(=O)OCCC2(C)C1. The van der Waals surface area contributed by atoms with Gasteiger partial charge in [0.05, 0.1) is 12.5 Å². The maximum absolute atomic E-state index is 11.7. The number of carbonyl (C=O) groups excluding carboxylic acids is 2. The molecule has 2 aliphatic rings. The lowest BCUT2D eigenvalue weighted by Gasteiger charge is -2.33. The molecule has 0 aromatic heterocycles. The van der Waals surface area contributed by atoms with Crippen LogP contribution in [-0.4, -0.2) is 24.6 Å². The van der Waals surface area contributed by atoms with Crippen molar-refractivity contribution in [2.45, 2.75) is 39.2 Å². The fourth-order valence-corrected chi connectivity index (χ4v) is 2.78. The third-order valence-corrected chi connectivity index (χ3v) is 3.86. The van der Waals surface area contributed by atoms with Crippen molar-refractivity contribution in [2.75, 3.05) is 6.61 Å². The molecule has 0 aromatic rings. The van der Waals surface area contributed by atoms with E-state index in [4.69, 9.17) is 9.47 Å². The van der Waals surface area contributed by atoms with Crippen LogP contribution in [0.25, 0.3) is 0 Å². The number of ether oxygens (including phenoxy) is 2. The summed E-state index contributed by atoms with van der Waals surface area (Å²) >= 11 is 0. The van der Waals surface area contributed by atoms with Crippen LogP contribution in [0.4, 0.5) is 0 Å². The Labute approximate surface area is 101 Å². The highest BCUT2D eigenvalue weighted by molar-refractivity contribution is 5.87. The summed E-state index contributed by atoms with van der Waals surface area (Å²) in [4.78, 5) is 23.1. The van der Waals surface area contributed by atoms with Gasteiger partial charge in [0.15, 0.2) is 0 Å². The van der Waals surface area contributed by atoms with E-state index in [0.717, 1.165) is 12.8 Å². The van der Waals surface area contributed by atoms with Gasteiger partial charge in [-0.05, 0) is 31.6 Å². The van der Waals surface area contributed by atoms with Crippen molar-refractivity contribution in [1.82, 2.24) is 0 Å². The van der Waals surface area contributed by atoms with Crippen LogP contribution < -0.4 is 0 Å². The van der Waals surface area contributed by atoms with Crippen molar-refractivity contribution >= 4 is 11.9 Å². The molecule has 1 heterocycles. The van der Waals surface area contributed by atoms with Crippen molar-refractivity contribution in [2.24, 2.45) is 11.3 Å². The number of cyclic esters (lactones) is 1. The zero-order valence-electron chi connectivity index (χ0n) is 10.3. The topological polar surface area (TPSA) is 52.6 Å². The lowest BCUT2D eigenvalue weighted by atomic mass is 9.76. The van der Waals surface area contributed by atoms with Gasteiger partial charge in [-0.2, -0.15) is 0 Å². The van der Waals surface area contributed by atoms with E-state index in [0.29, 0.717) is 18.6 Å². The molecule has 3 atom stereocenters. The summed E-state index contributed by atoms with van der Waals surface area (Å²) in [6.45, 7) is 7.73. The Bertz CT molecular complexity index is 374. The number of fused-ring (bicyclic) bond motifs is 1. The fraction of sp³-hybridized carbons (Fsp3) is 0.692. The Balaban J connectivity index is 2.04. The van der Waals surface area contributed by atoms with Crippen LogP contribution in [0.15, 0.2) is 12.2 Å². The van der Waals surface area contributed by atoms with Gasteiger partial charge >= 0.3 is 11.9 Å². The molecule has 0 amide bonds. The molecular weight excluding hydrogens is 220 g/mol. The van der Waals surface area contributed by atoms with Crippen molar-refractivity contribution in [3.05, 3.63) is 12.2 Å². The number of hydrogen-bond donors (Lipinski definition) is 0. The van der Waals surface area contributed by atoms with Gasteiger partial charge in [-0.3, -0.25) is 4.79 Å². The lowest BCUT2D eigenvalue weighted by Crippen LogP contribution is -2.36. The second-order valence-electron chi connectivity index (χ2n) is 5.37. The molecule has 2 fully saturated rings. The Morgan fingerprint density at radius 3 is 2.88 bits per heavy atom. The zero-order valence-corrected chi connectivity index (χ0v) is 10.3. The standard InChI is InChI=1S/C13H18O4/c1-8(2)11(14)17-9-6-10-12(15)16-5-4-13(10,3)7-9/h9-10H,1,4-7H2,2-3H3. The minimum absolute atomic E-state index is 0.0741. The summed E-state index contributed by atoms with van der Waals surface area (Å²) in [6.07, 6.45) is 1.99. The molecule has 3 unspecified atom stereocenters. The molecule has 0 radical (unpaired) electrons. The first-order chi connectivity index (χ1) is 7.92. The van der Waals surface area contributed by atoms with Crippen LogP contribution in [0.5, 0.6) is 0 Å². The minimum Gasteiger partial charge on any atom is -0.465 e. The Morgan fingerprint density at radius 1 is 1.59 bits per heavy atom. The van der Waals surface area contributed by atoms with E-state index < -0.39 is 0 Å². The normalized spacial score (nSPS) is 36.0. The molecule has 4 heteroatoms. The maximum atomic E-state index is 11.7. The van der Waals surface area contributed by atoms with Crippen LogP contribution in [0.2, 0.25) is 0 Å². The second kappa shape index (κ2) is 4.17. The number of hydrogen-bond acceptors (Lipinski definition) is 4. The molecular formula is C13H18O4. The maximum Gasteiger partial charge on any atom is 0.333 e. The zero-order chi connectivity index (χ0) is 12.6. The van der Waals surface area contributed by atoms with E-state index in [1.807, 2.05) is 0 Å². The lowest BCUT2D eigenvalue weighted by molar-refractivity contribution is -0.160. The molecule has 2 rings (SSSR count). The molecule has 0 spiro atoms. The van der Waals surface area contributed by atoms with E-state index in [1.54, 1.807) is 6.92 Å². The van der Waals surface area contributed by atoms with Crippen molar-refractivity contribution in [3.63, 3.8) is 0 Å². The van der Waals surface area contributed by atoms with E-state index >= 15 is 0 Å². The second-order valence-corrected chi connectivity index (χ2v) is 5.37. The molecule has 1 aliphatic carbocycles. The highest BCUT2D eigenvalue weighted by atomic mass is 16.5. The number of carbonyl (C=O) groups is 2. The highest BCUT2D eigenvalue weighted by Gasteiger charge is 2.51. The van der Waals surface area contributed by atoms with Crippen LogP contribution in [0.1, 0.15) is 33.1 Å². The van der Waals surface area contributed by atoms with Crippen molar-refractivity contribution < 1.29 is 19.1 Å². The molecule has 0 aromatic carbocycles. The van der Waals surface area contributed by atoms with E-state index in [2.05, 4.69) is 13.5 Å². The summed E-state index contributed by atoms with van der Waals surface area (Å²) in [5, 5.41) is 0. The van der Waals surface area contributed by atoms with E-state index in [1.165, 1.54) is 0 Å². The van der Waals surface area contributed by atoms with Gasteiger partial charge in [-0.25, -0.2) is 4.79 Å². The first-order valence-electron chi connectivity index (χ1n) is 5.95. The number of rotatable bonds is 2. The molecule has 0 N–H and O–H groups in total. The minimum atomic E-state index is -0.370. The largest absolute Gasteiger partial charge is 0.465 e. The van der Waals surface area contributed by atoms with E-state index in [9.17, 15) is 9.59 Å². The van der Waals surface area contributed by atoms with Gasteiger partial charge in [0.1, 0.15) is 6.10 Å². The predicted octanol–water partition coefficient (Wildman–Crippen LogP) is 1.84. The van der Waals surface area contributed by atoms with Crippen LogP contribution in [0, 0.1) is 11.3 Å². The first-order valence-corrected chi connectivity index (χ1v) is 5.95. The van der Waals surface area contributed by atoms with Gasteiger partial charge in [0, 0.05) is 5.57 Å². The summed E-state index contributed by atoms with van der Waals surface area (Å²) in [7, 11) is 0. The molecule has 1 aliphatic heterocycles. The predicted molar refractivity (Wildman–Crippen MR) is 61.1 cm³/mol.